The second kappa shape index (κ2) is 5.19. The predicted molar refractivity (Wildman–Crippen MR) is 48.1 cm³/mol. The monoisotopic (exact) mass is 187 g/mol. The topological polar surface area (TPSA) is 69.6 Å². The van der Waals surface area contributed by atoms with Gasteiger partial charge in [0.2, 0.25) is 5.91 Å². The molecule has 1 aliphatic rings. The summed E-state index contributed by atoms with van der Waals surface area (Å²) in [6.45, 7) is -0.403. The Kier molecular flexibility index (Phi) is 4.18. The summed E-state index contributed by atoms with van der Waals surface area (Å²) in [6, 6.07) is -0.493. The first-order valence-electron chi connectivity index (χ1n) is 4.77. The van der Waals surface area contributed by atoms with E-state index in [9.17, 15) is 4.79 Å². The van der Waals surface area contributed by atoms with Gasteiger partial charge in [0.25, 0.3) is 0 Å². The predicted octanol–water partition coefficient (Wildman–Crippen LogP) is -0.354. The van der Waals surface area contributed by atoms with Crippen molar-refractivity contribution in [1.82, 2.24) is 5.32 Å². The van der Waals surface area contributed by atoms with Crippen molar-refractivity contribution in [1.29, 1.82) is 0 Å². The summed E-state index contributed by atoms with van der Waals surface area (Å²) in [6.07, 6.45) is 4.03. The van der Waals surface area contributed by atoms with E-state index < -0.39 is 6.04 Å². The lowest BCUT2D eigenvalue weighted by Gasteiger charge is -2.25. The molecule has 0 aliphatic heterocycles. The number of aliphatic hydroxyl groups is 2. The minimum Gasteiger partial charge on any atom is -0.394 e. The van der Waals surface area contributed by atoms with Gasteiger partial charge in [0.15, 0.2) is 0 Å². The second-order valence-corrected chi connectivity index (χ2v) is 3.63. The van der Waals surface area contributed by atoms with Crippen LogP contribution in [-0.4, -0.2) is 35.4 Å². The molecule has 4 nitrogen and oxygen atoms in total. The van der Waals surface area contributed by atoms with Crippen LogP contribution in [0.1, 0.15) is 25.7 Å². The molecule has 4 heteroatoms. The Morgan fingerprint density at radius 3 is 2.38 bits per heavy atom. The van der Waals surface area contributed by atoms with E-state index in [4.69, 9.17) is 10.2 Å². The standard InChI is InChI=1S/C9H17NO3/c11-5-8(6-12)10-9(13)4-7-2-1-3-7/h7-8,11-12H,1-6H2,(H,10,13). The fourth-order valence-corrected chi connectivity index (χ4v) is 1.39. The van der Waals surface area contributed by atoms with E-state index in [-0.39, 0.29) is 19.1 Å². The molecule has 0 saturated heterocycles. The lowest BCUT2D eigenvalue weighted by Crippen LogP contribution is -2.41. The fraction of sp³-hybridized carbons (Fsp3) is 0.889. The summed E-state index contributed by atoms with van der Waals surface area (Å²) in [4.78, 5) is 11.2. The summed E-state index contributed by atoms with van der Waals surface area (Å²) in [5, 5.41) is 20.0. The van der Waals surface area contributed by atoms with Gasteiger partial charge < -0.3 is 15.5 Å². The van der Waals surface area contributed by atoms with E-state index in [0.717, 1.165) is 12.8 Å². The van der Waals surface area contributed by atoms with Gasteiger partial charge in [-0.2, -0.15) is 0 Å². The molecule has 3 N–H and O–H groups in total. The Balaban J connectivity index is 2.14. The molecular formula is C9H17NO3. The first kappa shape index (κ1) is 10.5. The Morgan fingerprint density at radius 2 is 2.00 bits per heavy atom. The van der Waals surface area contributed by atoms with Gasteiger partial charge in [0.1, 0.15) is 0 Å². The molecule has 0 bridgehead atoms. The molecule has 0 aromatic rings. The van der Waals surface area contributed by atoms with Crippen LogP contribution in [0.4, 0.5) is 0 Å². The van der Waals surface area contributed by atoms with Crippen LogP contribution in [-0.2, 0) is 4.79 Å². The Morgan fingerprint density at radius 1 is 1.38 bits per heavy atom. The molecule has 0 aromatic carbocycles. The summed E-state index contributed by atoms with van der Waals surface area (Å²) >= 11 is 0. The summed E-state index contributed by atoms with van der Waals surface area (Å²) in [5.74, 6) is 0.468. The van der Waals surface area contributed by atoms with Crippen molar-refractivity contribution in [3.8, 4) is 0 Å². The average Bonchev–Trinajstić information content (AvgIpc) is 2.07. The number of hydrogen-bond acceptors (Lipinski definition) is 3. The van der Waals surface area contributed by atoms with E-state index in [1.165, 1.54) is 6.42 Å². The van der Waals surface area contributed by atoms with Crippen LogP contribution in [0.25, 0.3) is 0 Å². The number of nitrogens with one attached hydrogen (secondary N) is 1. The summed E-state index contributed by atoms with van der Waals surface area (Å²) < 4.78 is 0. The van der Waals surface area contributed by atoms with Gasteiger partial charge >= 0.3 is 0 Å². The SMILES string of the molecule is O=C(CC1CCC1)NC(CO)CO. The molecule has 1 amide bonds. The maximum atomic E-state index is 11.2. The molecule has 1 rings (SSSR count). The lowest BCUT2D eigenvalue weighted by molar-refractivity contribution is -0.124. The van der Waals surface area contributed by atoms with Crippen LogP contribution in [0.2, 0.25) is 0 Å². The van der Waals surface area contributed by atoms with Crippen LogP contribution < -0.4 is 5.32 Å². The van der Waals surface area contributed by atoms with Crippen molar-refractivity contribution in [3.05, 3.63) is 0 Å². The first-order chi connectivity index (χ1) is 6.26. The van der Waals surface area contributed by atoms with Crippen molar-refractivity contribution in [2.45, 2.75) is 31.7 Å². The molecular weight excluding hydrogens is 170 g/mol. The largest absolute Gasteiger partial charge is 0.394 e. The smallest absolute Gasteiger partial charge is 0.220 e. The van der Waals surface area contributed by atoms with Crippen LogP contribution in [0.5, 0.6) is 0 Å². The molecule has 1 aliphatic carbocycles. The van der Waals surface area contributed by atoms with E-state index >= 15 is 0 Å². The molecule has 0 aromatic heterocycles. The van der Waals surface area contributed by atoms with Crippen LogP contribution in [0, 0.1) is 5.92 Å². The van der Waals surface area contributed by atoms with E-state index in [1.54, 1.807) is 0 Å². The highest BCUT2D eigenvalue weighted by atomic mass is 16.3. The minimum absolute atomic E-state index is 0.0576. The number of amides is 1. The first-order valence-corrected chi connectivity index (χ1v) is 4.77. The molecule has 0 atom stereocenters. The Hall–Kier alpha value is -0.610. The van der Waals surface area contributed by atoms with E-state index in [0.29, 0.717) is 12.3 Å². The van der Waals surface area contributed by atoms with Crippen LogP contribution in [0.15, 0.2) is 0 Å². The van der Waals surface area contributed by atoms with Gasteiger partial charge in [-0.25, -0.2) is 0 Å². The molecule has 0 spiro atoms. The average molecular weight is 187 g/mol. The van der Waals surface area contributed by atoms with Crippen molar-refractivity contribution >= 4 is 5.91 Å². The molecule has 0 unspecified atom stereocenters. The number of aliphatic hydroxyl groups excluding tert-OH is 2. The molecule has 76 valence electrons. The van der Waals surface area contributed by atoms with Crippen molar-refractivity contribution in [3.63, 3.8) is 0 Å². The van der Waals surface area contributed by atoms with Gasteiger partial charge in [0.05, 0.1) is 19.3 Å². The molecule has 1 fully saturated rings. The summed E-state index contributed by atoms with van der Waals surface area (Å²) in [5.41, 5.74) is 0. The number of carbonyl (C=O) groups excluding carboxylic acids is 1. The Labute approximate surface area is 78.0 Å². The van der Waals surface area contributed by atoms with Crippen molar-refractivity contribution < 1.29 is 15.0 Å². The quantitative estimate of drug-likeness (QED) is 0.551. The second-order valence-electron chi connectivity index (χ2n) is 3.63. The zero-order valence-corrected chi connectivity index (χ0v) is 7.70. The van der Waals surface area contributed by atoms with Gasteiger partial charge in [-0.1, -0.05) is 6.42 Å². The highest BCUT2D eigenvalue weighted by Crippen LogP contribution is 2.29. The fourth-order valence-electron chi connectivity index (χ4n) is 1.39. The van der Waals surface area contributed by atoms with Crippen LogP contribution >= 0.6 is 0 Å². The Bertz CT molecular complexity index is 164. The molecule has 1 saturated carbocycles. The van der Waals surface area contributed by atoms with E-state index in [2.05, 4.69) is 5.32 Å². The van der Waals surface area contributed by atoms with Crippen LogP contribution in [0.3, 0.4) is 0 Å². The van der Waals surface area contributed by atoms with Gasteiger partial charge in [-0.05, 0) is 18.8 Å². The van der Waals surface area contributed by atoms with Gasteiger partial charge in [-0.15, -0.1) is 0 Å². The third-order valence-corrected chi connectivity index (χ3v) is 2.50. The minimum atomic E-state index is -0.493. The maximum Gasteiger partial charge on any atom is 0.220 e. The highest BCUT2D eigenvalue weighted by Gasteiger charge is 2.21. The van der Waals surface area contributed by atoms with Gasteiger partial charge in [-0.3, -0.25) is 4.79 Å². The zero-order valence-electron chi connectivity index (χ0n) is 7.70. The molecule has 13 heavy (non-hydrogen) atoms. The zero-order chi connectivity index (χ0) is 9.68. The lowest BCUT2D eigenvalue weighted by atomic mass is 9.83. The summed E-state index contributed by atoms with van der Waals surface area (Å²) in [7, 11) is 0. The normalized spacial score (nSPS) is 17.2. The number of carbonyl (C=O) groups is 1. The number of hydrogen-bond donors (Lipinski definition) is 3. The highest BCUT2D eigenvalue weighted by molar-refractivity contribution is 5.76. The van der Waals surface area contributed by atoms with E-state index in [1.807, 2.05) is 0 Å². The van der Waals surface area contributed by atoms with Crippen molar-refractivity contribution in [2.24, 2.45) is 5.92 Å². The number of rotatable bonds is 5. The molecule has 0 heterocycles. The maximum absolute atomic E-state index is 11.2. The van der Waals surface area contributed by atoms with Gasteiger partial charge in [0, 0.05) is 6.42 Å². The third-order valence-electron chi connectivity index (χ3n) is 2.50. The third kappa shape index (κ3) is 3.32. The molecule has 0 radical (unpaired) electrons. The van der Waals surface area contributed by atoms with Crippen molar-refractivity contribution in [2.75, 3.05) is 13.2 Å².